The van der Waals surface area contributed by atoms with E-state index in [1.165, 1.54) is 0 Å². The number of thioether (sulfide) groups is 1. The predicted molar refractivity (Wildman–Crippen MR) is 88.9 cm³/mol. The Morgan fingerprint density at radius 3 is 2.75 bits per heavy atom. The third-order valence-corrected chi connectivity index (χ3v) is 4.32. The van der Waals surface area contributed by atoms with Crippen LogP contribution in [0.5, 0.6) is 0 Å². The lowest BCUT2D eigenvalue weighted by molar-refractivity contribution is 0.104. The van der Waals surface area contributed by atoms with E-state index in [9.17, 15) is 4.79 Å². The Hall–Kier alpha value is -1.07. The maximum absolute atomic E-state index is 12.3. The van der Waals surface area contributed by atoms with Gasteiger partial charge < -0.3 is 0 Å². The molecule has 0 saturated heterocycles. The molecule has 0 spiro atoms. The van der Waals surface area contributed by atoms with Gasteiger partial charge >= 0.3 is 0 Å². The Labute approximate surface area is 132 Å². The van der Waals surface area contributed by atoms with E-state index in [4.69, 9.17) is 0 Å². The van der Waals surface area contributed by atoms with Crippen LogP contribution < -0.4 is 0 Å². The minimum absolute atomic E-state index is 0.0198. The van der Waals surface area contributed by atoms with Crippen molar-refractivity contribution in [1.29, 1.82) is 0 Å². The fraction of sp³-hybridized carbons (Fsp3) is 0.333. The topological polar surface area (TPSA) is 32.7 Å². The van der Waals surface area contributed by atoms with Gasteiger partial charge in [-0.3, -0.25) is 9.80 Å². The first-order valence-electron chi connectivity index (χ1n) is 6.62. The smallest absolute Gasteiger partial charge is 0.188 e. The van der Waals surface area contributed by atoms with Gasteiger partial charge in [0.25, 0.3) is 0 Å². The number of hydrogen-bond donors (Lipinski definition) is 0. The van der Waals surface area contributed by atoms with Crippen molar-refractivity contribution in [3.8, 4) is 0 Å². The van der Waals surface area contributed by atoms with Crippen LogP contribution in [0.4, 0.5) is 0 Å². The lowest BCUT2D eigenvalue weighted by atomic mass is 10.1. The van der Waals surface area contributed by atoms with E-state index in [-0.39, 0.29) is 5.78 Å². The second-order valence-corrected chi connectivity index (χ2v) is 6.68. The summed E-state index contributed by atoms with van der Waals surface area (Å²) in [7, 11) is 0. The van der Waals surface area contributed by atoms with Gasteiger partial charge in [0.2, 0.25) is 0 Å². The second-order valence-electron chi connectivity index (χ2n) is 4.55. The quantitative estimate of drug-likeness (QED) is 0.570. The highest BCUT2D eigenvalue weighted by molar-refractivity contribution is 9.10. The molecule has 0 N–H and O–H groups in total. The minimum Gasteiger partial charge on any atom is -0.289 e. The molecule has 1 heterocycles. The summed E-state index contributed by atoms with van der Waals surface area (Å²) in [6, 6.07) is 7.41. The molecule has 0 saturated carbocycles. The van der Waals surface area contributed by atoms with Crippen LogP contribution in [0.2, 0.25) is 0 Å². The molecule has 2 rings (SSSR count). The Kier molecular flexibility index (Phi) is 5.43. The molecular weight excluding hydrogens is 336 g/mol. The zero-order chi connectivity index (χ0) is 14.5. The Bertz CT molecular complexity index is 551. The minimum atomic E-state index is 0.0198. The summed E-state index contributed by atoms with van der Waals surface area (Å²) in [5.41, 5.74) is 0.696. The molecule has 20 heavy (non-hydrogen) atoms. The van der Waals surface area contributed by atoms with Crippen LogP contribution in [0, 0.1) is 0 Å². The average Bonchev–Trinajstić information content (AvgIpc) is 2.77. The highest BCUT2D eigenvalue weighted by atomic mass is 79.9. The Balaban J connectivity index is 2.12. The van der Waals surface area contributed by atoms with E-state index < -0.39 is 0 Å². The van der Waals surface area contributed by atoms with Crippen LogP contribution in [0.1, 0.15) is 37.0 Å². The van der Waals surface area contributed by atoms with Crippen molar-refractivity contribution in [2.45, 2.75) is 26.7 Å². The monoisotopic (exact) mass is 352 g/mol. The number of halogens is 1. The van der Waals surface area contributed by atoms with Crippen LogP contribution in [0.25, 0.3) is 0 Å². The van der Waals surface area contributed by atoms with E-state index in [2.05, 4.69) is 28.0 Å². The van der Waals surface area contributed by atoms with Crippen molar-refractivity contribution in [2.24, 2.45) is 5.10 Å². The van der Waals surface area contributed by atoms with Gasteiger partial charge in [-0.2, -0.15) is 5.10 Å². The standard InChI is InChI=1S/C15H17BrN2OS/c1-3-4-9-18-15(20-11(2)17-18)10-14(19)12-5-7-13(16)8-6-12/h5-8,10H,3-4,9H2,1-2H3/b15-10-. The molecule has 0 fully saturated rings. The number of hydrogen-bond acceptors (Lipinski definition) is 4. The highest BCUT2D eigenvalue weighted by Crippen LogP contribution is 2.30. The number of hydrazone groups is 1. The maximum atomic E-state index is 12.3. The Morgan fingerprint density at radius 1 is 1.40 bits per heavy atom. The van der Waals surface area contributed by atoms with Gasteiger partial charge in [-0.15, -0.1) is 0 Å². The first-order valence-corrected chi connectivity index (χ1v) is 8.23. The summed E-state index contributed by atoms with van der Waals surface area (Å²) < 4.78 is 0.973. The molecule has 3 nitrogen and oxygen atoms in total. The number of rotatable bonds is 5. The summed E-state index contributed by atoms with van der Waals surface area (Å²) in [5.74, 6) is 0.0198. The summed E-state index contributed by atoms with van der Waals surface area (Å²) in [5, 5.41) is 8.29. The number of nitrogens with zero attached hydrogens (tertiary/aromatic N) is 2. The molecule has 0 amide bonds. The van der Waals surface area contributed by atoms with Crippen molar-refractivity contribution < 1.29 is 4.79 Å². The average molecular weight is 353 g/mol. The predicted octanol–water partition coefficient (Wildman–Crippen LogP) is 4.66. The van der Waals surface area contributed by atoms with Crippen LogP contribution >= 0.6 is 27.7 Å². The van der Waals surface area contributed by atoms with E-state index in [0.29, 0.717) is 5.56 Å². The second kappa shape index (κ2) is 7.09. The van der Waals surface area contributed by atoms with E-state index in [1.807, 2.05) is 36.2 Å². The zero-order valence-electron chi connectivity index (χ0n) is 11.6. The zero-order valence-corrected chi connectivity index (χ0v) is 14.0. The van der Waals surface area contributed by atoms with Crippen molar-refractivity contribution >= 4 is 38.5 Å². The van der Waals surface area contributed by atoms with Gasteiger partial charge in [0.15, 0.2) is 5.78 Å². The number of carbonyl (C=O) groups excluding carboxylic acids is 1. The molecule has 1 aliphatic rings. The fourth-order valence-corrected chi connectivity index (χ4v) is 2.94. The molecule has 0 aliphatic carbocycles. The van der Waals surface area contributed by atoms with Gasteiger partial charge in [-0.25, -0.2) is 0 Å². The summed E-state index contributed by atoms with van der Waals surface area (Å²) >= 11 is 4.93. The third-order valence-electron chi connectivity index (χ3n) is 2.87. The largest absolute Gasteiger partial charge is 0.289 e. The molecule has 106 valence electrons. The number of carbonyl (C=O) groups is 1. The van der Waals surface area contributed by atoms with Crippen LogP contribution in [0.3, 0.4) is 0 Å². The maximum Gasteiger partial charge on any atom is 0.188 e. The number of allylic oxidation sites excluding steroid dienone is 1. The number of ketones is 1. The van der Waals surface area contributed by atoms with Crippen LogP contribution in [-0.4, -0.2) is 22.4 Å². The molecular formula is C15H17BrN2OS. The summed E-state index contributed by atoms with van der Waals surface area (Å²) in [4.78, 5) is 12.3. The molecule has 1 aromatic carbocycles. The molecule has 0 unspecified atom stereocenters. The summed E-state index contributed by atoms with van der Waals surface area (Å²) in [6.45, 7) is 4.98. The lowest BCUT2D eigenvalue weighted by Gasteiger charge is -2.14. The van der Waals surface area contributed by atoms with E-state index in [0.717, 1.165) is 33.9 Å². The van der Waals surface area contributed by atoms with Crippen molar-refractivity contribution in [1.82, 2.24) is 5.01 Å². The SMILES string of the molecule is CCCCN1N=C(C)S/C1=C\C(=O)c1ccc(Br)cc1. The fourth-order valence-electron chi connectivity index (χ4n) is 1.83. The van der Waals surface area contributed by atoms with E-state index in [1.54, 1.807) is 17.8 Å². The summed E-state index contributed by atoms with van der Waals surface area (Å²) in [6.07, 6.45) is 3.87. The molecule has 5 heteroatoms. The first kappa shape index (κ1) is 15.3. The van der Waals surface area contributed by atoms with Gasteiger partial charge in [-0.1, -0.05) is 41.0 Å². The van der Waals surface area contributed by atoms with Crippen molar-refractivity contribution in [3.63, 3.8) is 0 Å². The van der Waals surface area contributed by atoms with Gasteiger partial charge in [-0.05, 0) is 37.6 Å². The van der Waals surface area contributed by atoms with Gasteiger partial charge in [0, 0.05) is 22.7 Å². The lowest BCUT2D eigenvalue weighted by Crippen LogP contribution is -2.14. The van der Waals surface area contributed by atoms with Crippen molar-refractivity contribution in [2.75, 3.05) is 6.54 Å². The normalized spacial score (nSPS) is 16.6. The first-order chi connectivity index (χ1) is 9.60. The van der Waals surface area contributed by atoms with E-state index >= 15 is 0 Å². The van der Waals surface area contributed by atoms with Crippen LogP contribution in [-0.2, 0) is 0 Å². The van der Waals surface area contributed by atoms with Gasteiger partial charge in [0.1, 0.15) is 5.03 Å². The molecule has 0 bridgehead atoms. The number of unbranched alkanes of at least 4 members (excludes halogenated alkanes) is 1. The molecule has 0 radical (unpaired) electrons. The molecule has 0 aromatic heterocycles. The van der Waals surface area contributed by atoms with Crippen LogP contribution in [0.15, 0.2) is 44.9 Å². The third kappa shape index (κ3) is 3.96. The molecule has 1 aromatic rings. The molecule has 1 aliphatic heterocycles. The Morgan fingerprint density at radius 2 is 2.10 bits per heavy atom. The van der Waals surface area contributed by atoms with Gasteiger partial charge in [0.05, 0.1) is 5.04 Å². The molecule has 0 atom stereocenters. The highest BCUT2D eigenvalue weighted by Gasteiger charge is 2.19. The van der Waals surface area contributed by atoms with Crippen molar-refractivity contribution in [3.05, 3.63) is 45.4 Å². The number of benzene rings is 1.